The number of hydrogen-bond donors (Lipinski definition) is 1. The fourth-order valence-corrected chi connectivity index (χ4v) is 2.34. The highest BCUT2D eigenvalue weighted by Gasteiger charge is 2.17. The molecule has 94 valence electrons. The summed E-state index contributed by atoms with van der Waals surface area (Å²) in [7, 11) is 0. The number of hydrogen-bond acceptors (Lipinski definition) is 5. The molecule has 1 aliphatic rings. The van der Waals surface area contributed by atoms with Gasteiger partial charge in [0.25, 0.3) is 0 Å². The molecule has 5 heteroatoms. The van der Waals surface area contributed by atoms with E-state index in [-0.39, 0.29) is 0 Å². The van der Waals surface area contributed by atoms with Crippen molar-refractivity contribution >= 4 is 11.6 Å². The van der Waals surface area contributed by atoms with E-state index >= 15 is 0 Å². The zero-order valence-electron chi connectivity index (χ0n) is 10.4. The van der Waals surface area contributed by atoms with E-state index in [0.29, 0.717) is 5.82 Å². The van der Waals surface area contributed by atoms with E-state index in [9.17, 15) is 0 Å². The molecule has 0 amide bonds. The van der Waals surface area contributed by atoms with E-state index in [1.807, 2.05) is 6.19 Å². The van der Waals surface area contributed by atoms with Crippen LogP contribution in [0.4, 0.5) is 11.6 Å². The third-order valence-corrected chi connectivity index (χ3v) is 3.29. The lowest BCUT2D eigenvalue weighted by molar-refractivity contribution is 0.719. The third-order valence-electron chi connectivity index (χ3n) is 3.29. The second-order valence-corrected chi connectivity index (χ2v) is 4.44. The normalized spacial score (nSPS) is 13.5. The van der Waals surface area contributed by atoms with Crippen LogP contribution in [-0.4, -0.2) is 16.5 Å². The van der Waals surface area contributed by atoms with Gasteiger partial charge < -0.3 is 4.90 Å². The molecule has 19 heavy (non-hydrogen) atoms. The fraction of sp³-hybridized carbons (Fsp3) is 0.214. The van der Waals surface area contributed by atoms with Crippen LogP contribution in [0.25, 0.3) is 0 Å². The monoisotopic (exact) mass is 251 g/mol. The van der Waals surface area contributed by atoms with E-state index < -0.39 is 0 Å². The van der Waals surface area contributed by atoms with Gasteiger partial charge in [-0.3, -0.25) is 5.32 Å². The lowest BCUT2D eigenvalue weighted by Gasteiger charge is -2.29. The molecule has 1 aliphatic heterocycles. The predicted octanol–water partition coefficient (Wildman–Crippen LogP) is 1.93. The highest BCUT2D eigenvalue weighted by molar-refractivity contribution is 5.51. The van der Waals surface area contributed by atoms with Crippen LogP contribution in [0.2, 0.25) is 0 Å². The first kappa shape index (κ1) is 11.5. The number of nitrogens with one attached hydrogen (secondary N) is 1. The summed E-state index contributed by atoms with van der Waals surface area (Å²) >= 11 is 0. The van der Waals surface area contributed by atoms with E-state index in [1.165, 1.54) is 17.5 Å². The van der Waals surface area contributed by atoms with Crippen LogP contribution < -0.4 is 10.2 Å². The van der Waals surface area contributed by atoms with Crippen molar-refractivity contribution in [3.8, 4) is 6.19 Å². The molecule has 1 aromatic heterocycles. The van der Waals surface area contributed by atoms with Gasteiger partial charge in [0.15, 0.2) is 6.19 Å². The average Bonchev–Trinajstić information content (AvgIpc) is 2.47. The van der Waals surface area contributed by atoms with E-state index in [4.69, 9.17) is 5.26 Å². The quantitative estimate of drug-likeness (QED) is 0.652. The third kappa shape index (κ3) is 2.33. The first-order valence-electron chi connectivity index (χ1n) is 6.16. The highest BCUT2D eigenvalue weighted by atomic mass is 15.2. The van der Waals surface area contributed by atoms with E-state index in [2.05, 4.69) is 44.5 Å². The number of aromatic nitrogens is 2. The molecule has 0 aliphatic carbocycles. The smallest absolute Gasteiger partial charge is 0.182 e. The van der Waals surface area contributed by atoms with Gasteiger partial charge in [0.05, 0.1) is 0 Å². The van der Waals surface area contributed by atoms with Crippen LogP contribution in [-0.2, 0) is 13.0 Å². The maximum atomic E-state index is 8.62. The van der Waals surface area contributed by atoms with Crippen molar-refractivity contribution in [3.63, 3.8) is 0 Å². The standard InChI is InChI=1S/C14H13N5/c15-9-16-13-7-14(18-10-17-13)19-6-5-11-3-1-2-4-12(11)8-19/h1-4,7,10H,5-6,8H2,(H,16,17,18). The molecule has 0 saturated heterocycles. The lowest BCUT2D eigenvalue weighted by atomic mass is 10.00. The van der Waals surface area contributed by atoms with Crippen molar-refractivity contribution in [2.45, 2.75) is 13.0 Å². The maximum absolute atomic E-state index is 8.62. The average molecular weight is 251 g/mol. The molecule has 0 unspecified atom stereocenters. The lowest BCUT2D eigenvalue weighted by Crippen LogP contribution is -2.31. The van der Waals surface area contributed by atoms with E-state index in [1.54, 1.807) is 6.07 Å². The Balaban J connectivity index is 1.85. The van der Waals surface area contributed by atoms with Gasteiger partial charge in [-0.15, -0.1) is 0 Å². The van der Waals surface area contributed by atoms with Gasteiger partial charge >= 0.3 is 0 Å². The SMILES string of the molecule is N#CNc1cc(N2CCc3ccccc3C2)ncn1. The summed E-state index contributed by atoms with van der Waals surface area (Å²) in [6.07, 6.45) is 4.37. The molecule has 2 heterocycles. The topological polar surface area (TPSA) is 64.8 Å². The molecular weight excluding hydrogens is 238 g/mol. The largest absolute Gasteiger partial charge is 0.352 e. The number of fused-ring (bicyclic) bond motifs is 1. The molecule has 0 bridgehead atoms. The van der Waals surface area contributed by atoms with Crippen molar-refractivity contribution in [2.24, 2.45) is 0 Å². The Bertz CT molecular complexity index is 632. The Kier molecular flexibility index (Phi) is 2.99. The van der Waals surface area contributed by atoms with Crippen LogP contribution in [0.5, 0.6) is 0 Å². The number of benzene rings is 1. The van der Waals surface area contributed by atoms with Crippen LogP contribution in [0.1, 0.15) is 11.1 Å². The Labute approximate surface area is 111 Å². The summed E-state index contributed by atoms with van der Waals surface area (Å²) in [6, 6.07) is 10.3. The summed E-state index contributed by atoms with van der Waals surface area (Å²) in [6.45, 7) is 1.78. The van der Waals surface area contributed by atoms with Crippen molar-refractivity contribution < 1.29 is 0 Å². The predicted molar refractivity (Wildman–Crippen MR) is 72.5 cm³/mol. The van der Waals surface area contributed by atoms with Gasteiger partial charge in [-0.05, 0) is 17.5 Å². The van der Waals surface area contributed by atoms with Crippen molar-refractivity contribution in [1.82, 2.24) is 9.97 Å². The zero-order valence-corrected chi connectivity index (χ0v) is 10.4. The molecule has 1 N–H and O–H groups in total. The zero-order chi connectivity index (χ0) is 13.1. The second-order valence-electron chi connectivity index (χ2n) is 4.44. The molecule has 2 aromatic rings. The summed E-state index contributed by atoms with van der Waals surface area (Å²) in [5.74, 6) is 1.38. The summed E-state index contributed by atoms with van der Waals surface area (Å²) in [5, 5.41) is 11.1. The van der Waals surface area contributed by atoms with Gasteiger partial charge in [0.1, 0.15) is 18.0 Å². The van der Waals surface area contributed by atoms with Crippen LogP contribution in [0.3, 0.4) is 0 Å². The summed E-state index contributed by atoms with van der Waals surface area (Å²) in [5.41, 5.74) is 2.74. The number of nitriles is 1. The summed E-state index contributed by atoms with van der Waals surface area (Å²) < 4.78 is 0. The van der Waals surface area contributed by atoms with Crippen LogP contribution in [0.15, 0.2) is 36.7 Å². The minimum Gasteiger partial charge on any atom is -0.352 e. The van der Waals surface area contributed by atoms with Gasteiger partial charge in [0, 0.05) is 19.2 Å². The minimum absolute atomic E-state index is 0.534. The molecule has 0 saturated carbocycles. The van der Waals surface area contributed by atoms with Crippen LogP contribution in [0, 0.1) is 11.5 Å². The molecule has 0 atom stereocenters. The first-order valence-corrected chi connectivity index (χ1v) is 6.16. The van der Waals surface area contributed by atoms with Crippen molar-refractivity contribution in [3.05, 3.63) is 47.8 Å². The molecule has 0 radical (unpaired) electrons. The minimum atomic E-state index is 0.534. The number of rotatable bonds is 2. The second kappa shape index (κ2) is 4.94. The van der Waals surface area contributed by atoms with Gasteiger partial charge in [-0.25, -0.2) is 9.97 Å². The number of anilines is 2. The number of nitrogens with zero attached hydrogens (tertiary/aromatic N) is 4. The Morgan fingerprint density at radius 1 is 1.21 bits per heavy atom. The fourth-order valence-electron chi connectivity index (χ4n) is 2.34. The van der Waals surface area contributed by atoms with Crippen molar-refractivity contribution in [2.75, 3.05) is 16.8 Å². The van der Waals surface area contributed by atoms with Crippen LogP contribution >= 0.6 is 0 Å². The van der Waals surface area contributed by atoms with Gasteiger partial charge in [-0.1, -0.05) is 24.3 Å². The van der Waals surface area contributed by atoms with Gasteiger partial charge in [0.2, 0.25) is 0 Å². The Morgan fingerprint density at radius 3 is 2.89 bits per heavy atom. The maximum Gasteiger partial charge on any atom is 0.182 e. The molecule has 1 aromatic carbocycles. The highest BCUT2D eigenvalue weighted by Crippen LogP contribution is 2.23. The molecular formula is C14H13N5. The summed E-state index contributed by atoms with van der Waals surface area (Å²) in [4.78, 5) is 10.5. The van der Waals surface area contributed by atoms with Gasteiger partial charge in [-0.2, -0.15) is 5.26 Å². The molecule has 3 rings (SSSR count). The first-order chi connectivity index (χ1) is 9.36. The van der Waals surface area contributed by atoms with Crippen molar-refractivity contribution in [1.29, 1.82) is 5.26 Å². The Morgan fingerprint density at radius 2 is 2.05 bits per heavy atom. The van der Waals surface area contributed by atoms with E-state index in [0.717, 1.165) is 25.3 Å². The Hall–Kier alpha value is -2.61. The molecule has 0 spiro atoms. The molecule has 0 fully saturated rings. The molecule has 5 nitrogen and oxygen atoms in total.